The Labute approximate surface area is 145 Å². The van der Waals surface area contributed by atoms with Crippen molar-refractivity contribution in [3.63, 3.8) is 0 Å². The topological polar surface area (TPSA) is 58.4 Å². The number of nitrogens with zero attached hydrogens (tertiary/aromatic N) is 3. The van der Waals surface area contributed by atoms with E-state index >= 15 is 0 Å². The molecule has 1 aliphatic carbocycles. The molecule has 0 aliphatic heterocycles. The summed E-state index contributed by atoms with van der Waals surface area (Å²) in [5, 5.41) is 13.2. The largest absolute Gasteiger partial charge is 0.465 e. The number of aryl methyl sites for hydroxylation is 1. The molecule has 1 saturated carbocycles. The number of carbonyl (C=O) groups is 1. The lowest BCUT2D eigenvalue weighted by Gasteiger charge is -2.42. The van der Waals surface area contributed by atoms with Crippen LogP contribution < -0.4 is 0 Å². The van der Waals surface area contributed by atoms with E-state index in [1.807, 2.05) is 20.8 Å². The standard InChI is InChI=1S/C17H26F3N3O2/c1-11-9-14(17(18,19)20)21-22(11)10-12-5-7-13(8-6-12)23(15(24)25)16(2,3)4/h9,12-13H,5-8,10H2,1-4H3,(H,24,25)/t12-,13-. The van der Waals surface area contributed by atoms with Gasteiger partial charge in [0.15, 0.2) is 5.69 Å². The molecule has 1 aromatic heterocycles. The van der Waals surface area contributed by atoms with Gasteiger partial charge in [0.1, 0.15) is 0 Å². The minimum Gasteiger partial charge on any atom is -0.465 e. The Balaban J connectivity index is 1.99. The van der Waals surface area contributed by atoms with E-state index in [0.29, 0.717) is 12.2 Å². The summed E-state index contributed by atoms with van der Waals surface area (Å²) in [5.41, 5.74) is -0.830. The van der Waals surface area contributed by atoms with E-state index in [2.05, 4.69) is 5.10 Å². The number of aromatic nitrogens is 2. The highest BCUT2D eigenvalue weighted by Crippen LogP contribution is 2.33. The molecular formula is C17H26F3N3O2. The van der Waals surface area contributed by atoms with E-state index < -0.39 is 23.5 Å². The fourth-order valence-corrected chi connectivity index (χ4v) is 3.65. The molecule has 142 valence electrons. The smallest absolute Gasteiger partial charge is 0.435 e. The molecule has 1 heterocycles. The molecule has 0 spiro atoms. The molecule has 8 heteroatoms. The fraction of sp³-hybridized carbons (Fsp3) is 0.765. The van der Waals surface area contributed by atoms with E-state index in [9.17, 15) is 23.1 Å². The van der Waals surface area contributed by atoms with Crippen LogP contribution >= 0.6 is 0 Å². The molecule has 0 bridgehead atoms. The summed E-state index contributed by atoms with van der Waals surface area (Å²) >= 11 is 0. The van der Waals surface area contributed by atoms with Gasteiger partial charge in [-0.25, -0.2) is 4.79 Å². The first kappa shape index (κ1) is 19.6. The molecule has 25 heavy (non-hydrogen) atoms. The van der Waals surface area contributed by atoms with Crippen molar-refractivity contribution in [1.82, 2.24) is 14.7 Å². The number of amides is 1. The number of carboxylic acid groups (broad SMARTS) is 1. The first-order chi connectivity index (χ1) is 11.4. The molecule has 0 atom stereocenters. The zero-order valence-electron chi connectivity index (χ0n) is 15.1. The van der Waals surface area contributed by atoms with Crippen molar-refractivity contribution >= 4 is 6.09 Å². The maximum atomic E-state index is 12.8. The Kier molecular flexibility index (Phi) is 5.39. The van der Waals surface area contributed by atoms with Gasteiger partial charge in [0, 0.05) is 23.8 Å². The zero-order chi connectivity index (χ0) is 19.0. The summed E-state index contributed by atoms with van der Waals surface area (Å²) in [6.45, 7) is 7.69. The van der Waals surface area contributed by atoms with Crippen LogP contribution in [0.5, 0.6) is 0 Å². The summed E-state index contributed by atoms with van der Waals surface area (Å²) < 4.78 is 39.7. The average molecular weight is 361 g/mol. The van der Waals surface area contributed by atoms with Crippen LogP contribution in [0.4, 0.5) is 18.0 Å². The molecule has 0 aromatic carbocycles. The first-order valence-corrected chi connectivity index (χ1v) is 8.53. The molecule has 1 aliphatic rings. The van der Waals surface area contributed by atoms with E-state index in [0.717, 1.165) is 31.7 Å². The Morgan fingerprint density at radius 1 is 1.28 bits per heavy atom. The van der Waals surface area contributed by atoms with E-state index in [-0.39, 0.29) is 12.0 Å². The van der Waals surface area contributed by atoms with E-state index in [4.69, 9.17) is 0 Å². The molecule has 1 N–H and O–H groups in total. The van der Waals surface area contributed by atoms with Gasteiger partial charge < -0.3 is 10.0 Å². The number of rotatable bonds is 3. The van der Waals surface area contributed by atoms with Gasteiger partial charge in [-0.05, 0) is 65.4 Å². The third-order valence-electron chi connectivity index (χ3n) is 4.81. The third kappa shape index (κ3) is 4.67. The second-order valence-corrected chi connectivity index (χ2v) is 7.85. The van der Waals surface area contributed by atoms with Gasteiger partial charge in [-0.3, -0.25) is 4.68 Å². The predicted octanol–water partition coefficient (Wildman–Crippen LogP) is 4.55. The van der Waals surface area contributed by atoms with Crippen LogP contribution in [0.25, 0.3) is 0 Å². The van der Waals surface area contributed by atoms with Gasteiger partial charge in [-0.2, -0.15) is 18.3 Å². The fourth-order valence-electron chi connectivity index (χ4n) is 3.65. The Bertz CT molecular complexity index is 612. The second-order valence-electron chi connectivity index (χ2n) is 7.85. The summed E-state index contributed by atoms with van der Waals surface area (Å²) in [6.07, 6.45) is -2.34. The SMILES string of the molecule is Cc1cc(C(F)(F)F)nn1C[C@H]1CC[C@H](N(C(=O)O)C(C)(C)C)CC1. The second kappa shape index (κ2) is 6.88. The van der Waals surface area contributed by atoms with Crippen molar-refractivity contribution in [1.29, 1.82) is 0 Å². The van der Waals surface area contributed by atoms with Gasteiger partial charge in [0.25, 0.3) is 0 Å². The molecule has 5 nitrogen and oxygen atoms in total. The molecule has 2 rings (SSSR count). The summed E-state index contributed by atoms with van der Waals surface area (Å²) in [6, 6.07) is 1.02. The van der Waals surface area contributed by atoms with Crippen molar-refractivity contribution < 1.29 is 23.1 Å². The summed E-state index contributed by atoms with van der Waals surface area (Å²) in [4.78, 5) is 13.1. The van der Waals surface area contributed by atoms with Gasteiger partial charge >= 0.3 is 12.3 Å². The van der Waals surface area contributed by atoms with Crippen molar-refractivity contribution in [3.05, 3.63) is 17.5 Å². The maximum absolute atomic E-state index is 12.8. The van der Waals surface area contributed by atoms with Crippen molar-refractivity contribution in [2.75, 3.05) is 0 Å². The van der Waals surface area contributed by atoms with Crippen LogP contribution in [0.2, 0.25) is 0 Å². The van der Waals surface area contributed by atoms with Crippen molar-refractivity contribution in [2.45, 2.75) is 77.7 Å². The summed E-state index contributed by atoms with van der Waals surface area (Å²) in [7, 11) is 0. The van der Waals surface area contributed by atoms with Crippen LogP contribution in [0, 0.1) is 12.8 Å². The van der Waals surface area contributed by atoms with E-state index in [1.165, 1.54) is 9.58 Å². The number of alkyl halides is 3. The minimum absolute atomic E-state index is 0.0433. The molecule has 0 radical (unpaired) electrons. The Morgan fingerprint density at radius 3 is 2.24 bits per heavy atom. The van der Waals surface area contributed by atoms with Gasteiger partial charge in [-0.1, -0.05) is 0 Å². The van der Waals surface area contributed by atoms with Crippen molar-refractivity contribution in [2.24, 2.45) is 5.92 Å². The third-order valence-corrected chi connectivity index (χ3v) is 4.81. The minimum atomic E-state index is -4.43. The highest BCUT2D eigenvalue weighted by molar-refractivity contribution is 5.66. The Hall–Kier alpha value is -1.73. The zero-order valence-corrected chi connectivity index (χ0v) is 15.1. The van der Waals surface area contributed by atoms with Crippen LogP contribution in [-0.4, -0.2) is 37.5 Å². The first-order valence-electron chi connectivity index (χ1n) is 8.53. The number of halogens is 3. The molecule has 1 aromatic rings. The van der Waals surface area contributed by atoms with E-state index in [1.54, 1.807) is 6.92 Å². The molecule has 1 amide bonds. The number of hydrogen-bond acceptors (Lipinski definition) is 2. The van der Waals surface area contributed by atoms with Gasteiger partial charge in [0.05, 0.1) is 0 Å². The average Bonchev–Trinajstić information content (AvgIpc) is 2.80. The van der Waals surface area contributed by atoms with Crippen LogP contribution in [-0.2, 0) is 12.7 Å². The monoisotopic (exact) mass is 361 g/mol. The normalized spacial score (nSPS) is 22.0. The lowest BCUT2D eigenvalue weighted by molar-refractivity contribution is -0.141. The van der Waals surface area contributed by atoms with Gasteiger partial charge in [0.2, 0.25) is 0 Å². The number of hydrogen-bond donors (Lipinski definition) is 1. The molecular weight excluding hydrogens is 335 g/mol. The highest BCUT2D eigenvalue weighted by atomic mass is 19.4. The quantitative estimate of drug-likeness (QED) is 0.859. The predicted molar refractivity (Wildman–Crippen MR) is 87.3 cm³/mol. The lowest BCUT2D eigenvalue weighted by Crippen LogP contribution is -2.52. The highest BCUT2D eigenvalue weighted by Gasteiger charge is 2.37. The van der Waals surface area contributed by atoms with Crippen molar-refractivity contribution in [3.8, 4) is 0 Å². The maximum Gasteiger partial charge on any atom is 0.435 e. The Morgan fingerprint density at radius 2 is 1.84 bits per heavy atom. The van der Waals surface area contributed by atoms with Gasteiger partial charge in [-0.15, -0.1) is 0 Å². The van der Waals surface area contributed by atoms with Crippen LogP contribution in [0.1, 0.15) is 57.8 Å². The molecule has 0 saturated heterocycles. The summed E-state index contributed by atoms with van der Waals surface area (Å²) in [5.74, 6) is 0.214. The van der Waals surface area contributed by atoms with Crippen LogP contribution in [0.15, 0.2) is 6.07 Å². The lowest BCUT2D eigenvalue weighted by atomic mass is 9.84. The molecule has 1 fully saturated rings. The van der Waals surface area contributed by atoms with Crippen LogP contribution in [0.3, 0.4) is 0 Å². The molecule has 0 unspecified atom stereocenters.